The molecule has 0 N–H and O–H groups in total. The van der Waals surface area contributed by atoms with Crippen molar-refractivity contribution in [1.29, 1.82) is 0 Å². The lowest BCUT2D eigenvalue weighted by Crippen LogP contribution is -2.21. The average molecular weight is 840 g/mol. The molecule has 9 aromatic carbocycles. The standard InChI is InChI=1S/C60H41NO4/c1-33(2)35-23-25-41-42-26-27-44-55(59(42)65-52(41)31-35)54-43(56(62)57(44)63)28-30-51-53(54)45-19-12-22-50(58(45)64-51)61(36-24-29-48-46(32-36)39-15-8-9-20-47(39)60(48,3)4)49-21-11-17-38-37(16-10-18-40(38)49)34-13-6-5-7-14-34/h5-33H,1-4H3. The lowest BCUT2D eigenvalue weighted by Gasteiger charge is -2.28. The molecule has 2 aromatic heterocycles. The maximum atomic E-state index is 14.1. The number of furan rings is 2. The highest BCUT2D eigenvalue weighted by Crippen LogP contribution is 2.54. The molecule has 0 unspecified atom stereocenters. The quantitative estimate of drug-likeness (QED) is 0.162. The van der Waals surface area contributed by atoms with Crippen LogP contribution in [0.5, 0.6) is 0 Å². The molecule has 0 bridgehead atoms. The van der Waals surface area contributed by atoms with Gasteiger partial charge in [-0.05, 0) is 105 Å². The summed E-state index contributed by atoms with van der Waals surface area (Å²) < 4.78 is 13.8. The SMILES string of the molecule is CC(C)c1ccc2c(c1)oc1c3c(ccc12)C(=O)C(=O)c1ccc2oc4c(N(c5ccc6c(c5)-c5ccccc5C6(C)C)c5cccc6c(-c7ccccc7)cccc56)cccc4c2c1-3. The first kappa shape index (κ1) is 37.5. The molecule has 0 fully saturated rings. The Bertz CT molecular complexity index is 3880. The van der Waals surface area contributed by atoms with Crippen LogP contribution in [0.3, 0.4) is 0 Å². The molecule has 0 amide bonds. The van der Waals surface area contributed by atoms with Gasteiger partial charge in [0.1, 0.15) is 16.7 Å². The summed E-state index contributed by atoms with van der Waals surface area (Å²) in [6.07, 6.45) is 0. The second-order valence-electron chi connectivity index (χ2n) is 18.4. The number of rotatable bonds is 5. The molecule has 5 nitrogen and oxygen atoms in total. The van der Waals surface area contributed by atoms with E-state index in [2.05, 4.69) is 172 Å². The highest BCUT2D eigenvalue weighted by atomic mass is 16.3. The number of fused-ring (bicyclic) bond motifs is 15. The third-order valence-electron chi connectivity index (χ3n) is 14.2. The minimum absolute atomic E-state index is 0.158. The van der Waals surface area contributed by atoms with Gasteiger partial charge >= 0.3 is 0 Å². The van der Waals surface area contributed by atoms with Crippen molar-refractivity contribution in [3.63, 3.8) is 0 Å². The van der Waals surface area contributed by atoms with Crippen molar-refractivity contribution in [2.24, 2.45) is 0 Å². The van der Waals surface area contributed by atoms with Gasteiger partial charge in [-0.15, -0.1) is 0 Å². The van der Waals surface area contributed by atoms with Crippen molar-refractivity contribution in [3.05, 3.63) is 198 Å². The molecule has 2 aliphatic carbocycles. The van der Waals surface area contributed by atoms with Crippen LogP contribution in [-0.4, -0.2) is 11.6 Å². The summed E-state index contributed by atoms with van der Waals surface area (Å²) in [5.74, 6) is -0.763. The first-order valence-corrected chi connectivity index (χ1v) is 22.4. The van der Waals surface area contributed by atoms with Crippen LogP contribution in [-0.2, 0) is 5.41 Å². The van der Waals surface area contributed by atoms with Crippen LogP contribution < -0.4 is 4.90 Å². The number of hydrogen-bond acceptors (Lipinski definition) is 5. The van der Waals surface area contributed by atoms with Crippen LogP contribution in [0.4, 0.5) is 17.1 Å². The largest absolute Gasteiger partial charge is 0.455 e. The van der Waals surface area contributed by atoms with Crippen LogP contribution in [0.2, 0.25) is 0 Å². The summed E-state index contributed by atoms with van der Waals surface area (Å²) in [6.45, 7) is 8.93. The Balaban J connectivity index is 1.10. The maximum absolute atomic E-state index is 14.1. The highest BCUT2D eigenvalue weighted by molar-refractivity contribution is 6.54. The average Bonchev–Trinajstić information content (AvgIpc) is 3.98. The number of nitrogens with zero attached hydrogens (tertiary/aromatic N) is 1. The van der Waals surface area contributed by atoms with Gasteiger partial charge in [0.2, 0.25) is 11.6 Å². The van der Waals surface area contributed by atoms with Crippen molar-refractivity contribution in [2.45, 2.75) is 39.0 Å². The monoisotopic (exact) mass is 839 g/mol. The van der Waals surface area contributed by atoms with Crippen molar-refractivity contribution >= 4 is 83.3 Å². The van der Waals surface area contributed by atoms with Crippen LogP contribution in [0, 0.1) is 0 Å². The third-order valence-corrected chi connectivity index (χ3v) is 14.2. The smallest absolute Gasteiger partial charge is 0.234 e. The summed E-state index contributed by atoms with van der Waals surface area (Å²) in [5.41, 5.74) is 15.8. The Labute approximate surface area is 375 Å². The number of ketones is 2. The number of anilines is 3. The zero-order chi connectivity index (χ0) is 43.9. The zero-order valence-electron chi connectivity index (χ0n) is 36.3. The molecule has 11 aromatic rings. The zero-order valence-corrected chi connectivity index (χ0v) is 36.3. The van der Waals surface area contributed by atoms with Gasteiger partial charge in [0, 0.05) is 60.3 Å². The van der Waals surface area contributed by atoms with Crippen LogP contribution in [0.1, 0.15) is 71.0 Å². The van der Waals surface area contributed by atoms with Crippen molar-refractivity contribution in [3.8, 4) is 33.4 Å². The minimum atomic E-state index is -0.538. The Morgan fingerprint density at radius 2 is 1.12 bits per heavy atom. The predicted molar refractivity (Wildman–Crippen MR) is 264 cm³/mol. The lowest BCUT2D eigenvalue weighted by atomic mass is 9.81. The summed E-state index contributed by atoms with van der Waals surface area (Å²) >= 11 is 0. The molecule has 0 radical (unpaired) electrons. The molecule has 0 spiro atoms. The van der Waals surface area contributed by atoms with Gasteiger partial charge in [0.25, 0.3) is 0 Å². The molecule has 0 saturated heterocycles. The Kier molecular flexibility index (Phi) is 7.79. The molecular formula is C60H41NO4. The fourth-order valence-corrected chi connectivity index (χ4v) is 11.0. The van der Waals surface area contributed by atoms with Gasteiger partial charge in [-0.3, -0.25) is 9.59 Å². The van der Waals surface area contributed by atoms with E-state index in [1.807, 2.05) is 18.2 Å². The van der Waals surface area contributed by atoms with Crippen molar-refractivity contribution in [1.82, 2.24) is 0 Å². The first-order valence-electron chi connectivity index (χ1n) is 22.4. The van der Waals surface area contributed by atoms with Gasteiger partial charge in [-0.25, -0.2) is 0 Å². The predicted octanol–water partition coefficient (Wildman–Crippen LogP) is 16.3. The Morgan fingerprint density at radius 3 is 1.95 bits per heavy atom. The third kappa shape index (κ3) is 5.21. The molecule has 0 aliphatic heterocycles. The van der Waals surface area contributed by atoms with E-state index in [1.165, 1.54) is 22.3 Å². The van der Waals surface area contributed by atoms with Crippen molar-refractivity contribution in [2.75, 3.05) is 4.90 Å². The number of para-hydroxylation sites is 1. The van der Waals surface area contributed by atoms with E-state index in [0.29, 0.717) is 44.9 Å². The molecule has 0 saturated carbocycles. The molecule has 5 heteroatoms. The first-order chi connectivity index (χ1) is 31.7. The highest BCUT2D eigenvalue weighted by Gasteiger charge is 2.38. The molecule has 13 rings (SSSR count). The minimum Gasteiger partial charge on any atom is -0.455 e. The van der Waals surface area contributed by atoms with E-state index in [4.69, 9.17) is 8.83 Å². The van der Waals surface area contributed by atoms with E-state index in [0.717, 1.165) is 71.7 Å². The second kappa shape index (κ2) is 13.5. The van der Waals surface area contributed by atoms with Crippen LogP contribution in [0.15, 0.2) is 179 Å². The van der Waals surface area contributed by atoms with E-state index >= 15 is 0 Å². The molecule has 2 aliphatic rings. The Morgan fingerprint density at radius 1 is 0.462 bits per heavy atom. The lowest BCUT2D eigenvalue weighted by molar-refractivity contribution is 0.0815. The van der Waals surface area contributed by atoms with Gasteiger partial charge in [0.15, 0.2) is 5.58 Å². The van der Waals surface area contributed by atoms with Crippen LogP contribution in [0.25, 0.3) is 88.0 Å². The summed E-state index contributed by atoms with van der Waals surface area (Å²) in [6, 6.07) is 59.0. The fourth-order valence-electron chi connectivity index (χ4n) is 11.0. The maximum Gasteiger partial charge on any atom is 0.234 e. The number of carbonyl (C=O) groups excluding carboxylic acids is 2. The number of Topliss-reactive ketones (excluding diaryl/α,β-unsaturated/α-hetero) is 2. The van der Waals surface area contributed by atoms with Gasteiger partial charge in [0.05, 0.1) is 11.4 Å². The number of benzene rings is 9. The van der Waals surface area contributed by atoms with Crippen molar-refractivity contribution < 1.29 is 18.4 Å². The molecule has 65 heavy (non-hydrogen) atoms. The van der Waals surface area contributed by atoms with E-state index < -0.39 is 11.6 Å². The van der Waals surface area contributed by atoms with E-state index in [9.17, 15) is 9.59 Å². The molecular weight excluding hydrogens is 799 g/mol. The number of hydrogen-bond donors (Lipinski definition) is 0. The molecule has 0 atom stereocenters. The summed E-state index contributed by atoms with van der Waals surface area (Å²) in [7, 11) is 0. The van der Waals surface area contributed by atoms with Gasteiger partial charge < -0.3 is 13.7 Å². The molecule has 2 heterocycles. The fraction of sp³-hybridized carbons (Fsp3) is 0.100. The summed E-state index contributed by atoms with van der Waals surface area (Å²) in [4.78, 5) is 30.4. The number of carbonyl (C=O) groups is 2. The van der Waals surface area contributed by atoms with Crippen LogP contribution >= 0.6 is 0 Å². The van der Waals surface area contributed by atoms with Gasteiger partial charge in [-0.1, -0.05) is 143 Å². The van der Waals surface area contributed by atoms with E-state index in [1.54, 1.807) is 12.1 Å². The molecule has 310 valence electrons. The topological polar surface area (TPSA) is 63.7 Å². The van der Waals surface area contributed by atoms with Gasteiger partial charge in [-0.2, -0.15) is 0 Å². The Hall–Kier alpha value is -8.02. The van der Waals surface area contributed by atoms with E-state index in [-0.39, 0.29) is 5.41 Å². The summed E-state index contributed by atoms with van der Waals surface area (Å²) in [5, 5.41) is 5.69. The second-order valence-corrected chi connectivity index (χ2v) is 18.4. The normalized spacial score (nSPS) is 13.9.